The average Bonchev–Trinajstić information content (AvgIpc) is 1.27. The van der Waals surface area contributed by atoms with Gasteiger partial charge in [0.05, 0.1) is 6.42 Å². The summed E-state index contributed by atoms with van der Waals surface area (Å²) in [4.78, 5) is 20.1. The van der Waals surface area contributed by atoms with Gasteiger partial charge >= 0.3 is 45.5 Å². The molecule has 0 N–H and O–H groups in total. The molecule has 0 fully saturated rings. The number of rotatable bonds is 2. The van der Waals surface area contributed by atoms with E-state index in [1.54, 1.807) is 0 Å². The van der Waals surface area contributed by atoms with Gasteiger partial charge in [0.25, 0.3) is 0 Å². The second kappa shape index (κ2) is 5.95. The number of Topliss-reactive ketones (excluding diaryl/α,β-unsaturated/α-hetero) is 2. The molecule has 44 valence electrons. The van der Waals surface area contributed by atoms with Crippen molar-refractivity contribution < 1.29 is 9.59 Å². The molecule has 0 bridgehead atoms. The predicted molar refractivity (Wildman–Crippen MR) is 34.5 cm³/mol. The van der Waals surface area contributed by atoms with Crippen molar-refractivity contribution in [2.45, 2.75) is 20.3 Å². The second-order valence-corrected chi connectivity index (χ2v) is 1.58. The van der Waals surface area contributed by atoms with Crippen LogP contribution in [0.15, 0.2) is 0 Å². The summed E-state index contributed by atoms with van der Waals surface area (Å²) in [7, 11) is 0. The molecule has 0 spiro atoms. The van der Waals surface area contributed by atoms with Crippen molar-refractivity contribution in [2.24, 2.45) is 0 Å². The Morgan fingerprint density at radius 1 is 1.12 bits per heavy atom. The Kier molecular flexibility index (Phi) is 8.62. The zero-order valence-corrected chi connectivity index (χ0v) is 4.52. The average molecular weight is 190 g/mol. The maximum atomic E-state index is 10.0. The third kappa shape index (κ3) is 9.94. The normalized spacial score (nSPS) is 7.25. The van der Waals surface area contributed by atoms with Gasteiger partial charge in [-0.15, -0.1) is 0 Å². The van der Waals surface area contributed by atoms with Crippen LogP contribution in [0.3, 0.4) is 0 Å². The first kappa shape index (κ1) is 11.6. The second-order valence-electron chi connectivity index (χ2n) is 1.58. The van der Waals surface area contributed by atoms with Crippen LogP contribution in [-0.2, 0) is 9.59 Å². The van der Waals surface area contributed by atoms with Gasteiger partial charge < -0.3 is 0 Å². The molecule has 0 radical (unpaired) electrons. The molecular formula is C5H10O2Sr. The summed E-state index contributed by atoms with van der Waals surface area (Å²) in [5, 5.41) is 0. The van der Waals surface area contributed by atoms with Gasteiger partial charge in [0, 0.05) is 0 Å². The number of carbonyl (C=O) groups is 2. The van der Waals surface area contributed by atoms with Crippen LogP contribution >= 0.6 is 0 Å². The molecule has 0 saturated heterocycles. The van der Waals surface area contributed by atoms with Gasteiger partial charge in [-0.2, -0.15) is 0 Å². The fourth-order valence-corrected chi connectivity index (χ4v) is 0.351. The van der Waals surface area contributed by atoms with E-state index in [1.165, 1.54) is 13.8 Å². The van der Waals surface area contributed by atoms with Crippen LogP contribution in [0.1, 0.15) is 20.3 Å². The number of ketones is 2. The summed E-state index contributed by atoms with van der Waals surface area (Å²) in [6.07, 6.45) is 0.0833. The summed E-state index contributed by atoms with van der Waals surface area (Å²) in [5.74, 6) is -0.125. The maximum absolute atomic E-state index is 10.0. The number of hydrogen-bond donors (Lipinski definition) is 0. The zero-order valence-electron chi connectivity index (χ0n) is 4.52. The van der Waals surface area contributed by atoms with Crippen molar-refractivity contribution in [1.82, 2.24) is 0 Å². The predicted octanol–water partition coefficient (Wildman–Crippen LogP) is -0.362. The molecule has 0 aliphatic carbocycles. The first-order valence-electron chi connectivity index (χ1n) is 2.12. The zero-order chi connectivity index (χ0) is 5.86. The minimum absolute atomic E-state index is 0. The van der Waals surface area contributed by atoms with Gasteiger partial charge in [0.1, 0.15) is 11.6 Å². The van der Waals surface area contributed by atoms with E-state index in [0.29, 0.717) is 0 Å². The van der Waals surface area contributed by atoms with Crippen molar-refractivity contribution in [1.29, 1.82) is 0 Å². The Morgan fingerprint density at radius 3 is 1.38 bits per heavy atom. The Balaban J connectivity index is 0. The van der Waals surface area contributed by atoms with Gasteiger partial charge in [0.2, 0.25) is 0 Å². The van der Waals surface area contributed by atoms with Crippen LogP contribution in [0.25, 0.3) is 0 Å². The minimum atomic E-state index is -0.0625. The van der Waals surface area contributed by atoms with Crippen LogP contribution in [0, 0.1) is 0 Å². The number of carbonyl (C=O) groups excluding carboxylic acids is 2. The van der Waals surface area contributed by atoms with Crippen molar-refractivity contribution in [3.63, 3.8) is 0 Å². The summed E-state index contributed by atoms with van der Waals surface area (Å²) in [5.41, 5.74) is 0. The standard InChI is InChI=1S/C5H8O2.Sr.2H/c1-4(6)3-5(2)7;;;/h3H2,1-2H3;;;. The third-order valence-electron chi connectivity index (χ3n) is 0.498. The molecule has 0 aromatic rings. The van der Waals surface area contributed by atoms with Gasteiger partial charge in [-0.25, -0.2) is 0 Å². The van der Waals surface area contributed by atoms with Gasteiger partial charge in [-0.1, -0.05) is 0 Å². The third-order valence-corrected chi connectivity index (χ3v) is 0.498. The summed E-state index contributed by atoms with van der Waals surface area (Å²) in [6.45, 7) is 2.81. The summed E-state index contributed by atoms with van der Waals surface area (Å²) >= 11 is 0. The Labute approximate surface area is 85.9 Å². The van der Waals surface area contributed by atoms with Crippen LogP contribution in [0.5, 0.6) is 0 Å². The Bertz CT molecular complexity index is 86.6. The number of hydrogen-bond acceptors (Lipinski definition) is 2. The molecule has 0 aromatic carbocycles. The van der Waals surface area contributed by atoms with Gasteiger partial charge in [-0.05, 0) is 13.8 Å². The van der Waals surface area contributed by atoms with E-state index >= 15 is 0 Å². The van der Waals surface area contributed by atoms with Gasteiger partial charge in [0.15, 0.2) is 0 Å². The quantitative estimate of drug-likeness (QED) is 0.439. The van der Waals surface area contributed by atoms with E-state index in [0.717, 1.165) is 0 Å². The summed E-state index contributed by atoms with van der Waals surface area (Å²) in [6, 6.07) is 0. The first-order valence-corrected chi connectivity index (χ1v) is 2.12. The molecule has 0 heterocycles. The van der Waals surface area contributed by atoms with Crippen LogP contribution in [-0.4, -0.2) is 57.0 Å². The van der Waals surface area contributed by atoms with Crippen molar-refractivity contribution >= 4 is 57.0 Å². The van der Waals surface area contributed by atoms with Crippen molar-refractivity contribution in [2.75, 3.05) is 0 Å². The fourth-order valence-electron chi connectivity index (χ4n) is 0.351. The SMILES string of the molecule is CC(=O)CC(C)=O.[SrH2]. The summed E-state index contributed by atoms with van der Waals surface area (Å²) < 4.78 is 0. The molecule has 8 heavy (non-hydrogen) atoms. The van der Waals surface area contributed by atoms with E-state index < -0.39 is 0 Å². The van der Waals surface area contributed by atoms with Gasteiger partial charge in [-0.3, -0.25) is 9.59 Å². The molecule has 0 unspecified atom stereocenters. The van der Waals surface area contributed by atoms with Crippen LogP contribution in [0.2, 0.25) is 0 Å². The molecule has 0 atom stereocenters. The molecular weight excluding hydrogens is 180 g/mol. The molecule has 3 heteroatoms. The van der Waals surface area contributed by atoms with Crippen molar-refractivity contribution in [3.8, 4) is 0 Å². The Hall–Kier alpha value is 0.821. The van der Waals surface area contributed by atoms with Crippen molar-refractivity contribution in [3.05, 3.63) is 0 Å². The fraction of sp³-hybridized carbons (Fsp3) is 0.600. The van der Waals surface area contributed by atoms with E-state index in [2.05, 4.69) is 0 Å². The molecule has 0 aliphatic rings. The molecule has 0 amide bonds. The topological polar surface area (TPSA) is 34.1 Å². The monoisotopic (exact) mass is 190 g/mol. The molecule has 0 saturated carbocycles. The van der Waals surface area contributed by atoms with E-state index in [4.69, 9.17) is 0 Å². The van der Waals surface area contributed by atoms with E-state index in [9.17, 15) is 9.59 Å². The molecule has 2 nitrogen and oxygen atoms in total. The van der Waals surface area contributed by atoms with E-state index in [-0.39, 0.29) is 63.5 Å². The molecule has 0 aliphatic heterocycles. The first-order chi connectivity index (χ1) is 3.13. The molecule has 0 rings (SSSR count). The Morgan fingerprint density at radius 2 is 1.38 bits per heavy atom. The van der Waals surface area contributed by atoms with Crippen LogP contribution in [0.4, 0.5) is 0 Å². The van der Waals surface area contributed by atoms with Crippen LogP contribution < -0.4 is 0 Å². The van der Waals surface area contributed by atoms with E-state index in [1.807, 2.05) is 0 Å². The molecule has 0 aromatic heterocycles.